The van der Waals surface area contributed by atoms with Gasteiger partial charge in [-0.2, -0.15) is 0 Å². The first-order chi connectivity index (χ1) is 11.1. The lowest BCUT2D eigenvalue weighted by atomic mass is 9.77. The van der Waals surface area contributed by atoms with Crippen molar-refractivity contribution in [1.82, 2.24) is 15.1 Å². The van der Waals surface area contributed by atoms with Crippen LogP contribution in [0.4, 0.5) is 0 Å². The van der Waals surface area contributed by atoms with Gasteiger partial charge in [-0.15, -0.1) is 0 Å². The summed E-state index contributed by atoms with van der Waals surface area (Å²) in [5.74, 6) is 1.59. The number of nitrogens with zero attached hydrogens (tertiary/aromatic N) is 2. The molecule has 2 heterocycles. The van der Waals surface area contributed by atoms with E-state index in [0.717, 1.165) is 37.8 Å². The summed E-state index contributed by atoms with van der Waals surface area (Å²) in [6.07, 6.45) is 4.75. The third-order valence-corrected chi connectivity index (χ3v) is 6.25. The number of hydrogen-bond acceptors (Lipinski definition) is 4. The fourth-order valence-corrected chi connectivity index (χ4v) is 4.54. The monoisotopic (exact) mass is 325 g/mol. The van der Waals surface area contributed by atoms with Gasteiger partial charge in [-0.05, 0) is 64.5 Å². The van der Waals surface area contributed by atoms with Gasteiger partial charge in [-0.3, -0.25) is 4.90 Å². The van der Waals surface area contributed by atoms with Gasteiger partial charge >= 0.3 is 0 Å². The molecule has 0 atom stereocenters. The highest BCUT2D eigenvalue weighted by Crippen LogP contribution is 2.34. The van der Waals surface area contributed by atoms with Crippen LogP contribution in [0, 0.1) is 11.8 Å². The Hall–Kier alpha value is -0.160. The number of likely N-dealkylation sites (tertiary alicyclic amines) is 1. The van der Waals surface area contributed by atoms with E-state index in [0.29, 0.717) is 5.54 Å². The summed E-state index contributed by atoms with van der Waals surface area (Å²) < 4.78 is 0. The Morgan fingerprint density at radius 3 is 2.09 bits per heavy atom. The van der Waals surface area contributed by atoms with Gasteiger partial charge in [-0.25, -0.2) is 0 Å². The average Bonchev–Trinajstić information content (AvgIpc) is 2.57. The van der Waals surface area contributed by atoms with E-state index in [4.69, 9.17) is 0 Å². The number of piperidine rings is 1. The summed E-state index contributed by atoms with van der Waals surface area (Å²) in [7, 11) is 0. The lowest BCUT2D eigenvalue weighted by Gasteiger charge is -2.49. The maximum Gasteiger partial charge on any atom is 0.0546 e. The molecule has 0 radical (unpaired) electrons. The van der Waals surface area contributed by atoms with Crippen LogP contribution in [-0.4, -0.2) is 72.4 Å². The van der Waals surface area contributed by atoms with Gasteiger partial charge in [0, 0.05) is 38.3 Å². The Balaban J connectivity index is 0.000000924. The van der Waals surface area contributed by atoms with Crippen molar-refractivity contribution in [3.05, 3.63) is 0 Å². The van der Waals surface area contributed by atoms with Crippen molar-refractivity contribution in [2.45, 2.75) is 65.0 Å². The second-order valence-electron chi connectivity index (χ2n) is 7.96. The van der Waals surface area contributed by atoms with Gasteiger partial charge in [0.15, 0.2) is 0 Å². The number of aliphatic hydroxyl groups is 1. The molecule has 136 valence electrons. The van der Waals surface area contributed by atoms with Crippen molar-refractivity contribution in [3.63, 3.8) is 0 Å². The Bertz CT molecular complexity index is 328. The fraction of sp³-hybridized carbons (Fsp3) is 1.00. The summed E-state index contributed by atoms with van der Waals surface area (Å²) in [5, 5.41) is 12.9. The molecule has 4 nitrogen and oxygen atoms in total. The van der Waals surface area contributed by atoms with Crippen LogP contribution in [0.25, 0.3) is 0 Å². The zero-order chi connectivity index (χ0) is 16.9. The molecule has 23 heavy (non-hydrogen) atoms. The predicted molar refractivity (Wildman–Crippen MR) is 97.8 cm³/mol. The van der Waals surface area contributed by atoms with E-state index in [1.807, 2.05) is 13.8 Å². The summed E-state index contributed by atoms with van der Waals surface area (Å²) in [6.45, 7) is 17.3. The standard InChI is InChI=1S/C17H33N3O.C2H6/c1-17(2,20-9-5-18-6-10-20)15-3-7-19(8-4-15)13-14-11-16(21)12-14;1-2/h14-16,18,21H,3-13H2,1-2H3;1-2H3. The molecule has 4 heteroatoms. The van der Waals surface area contributed by atoms with E-state index in [1.54, 1.807) is 0 Å². The zero-order valence-corrected chi connectivity index (χ0v) is 15.9. The molecule has 3 fully saturated rings. The number of hydrogen-bond donors (Lipinski definition) is 2. The molecule has 2 N–H and O–H groups in total. The number of rotatable bonds is 4. The molecule has 0 aromatic carbocycles. The molecule has 1 saturated carbocycles. The minimum Gasteiger partial charge on any atom is -0.393 e. The van der Waals surface area contributed by atoms with Crippen molar-refractivity contribution in [2.75, 3.05) is 45.8 Å². The summed E-state index contributed by atoms with van der Waals surface area (Å²) >= 11 is 0. The maximum absolute atomic E-state index is 9.41. The summed E-state index contributed by atoms with van der Waals surface area (Å²) in [6, 6.07) is 0. The molecular formula is C19H39N3O. The Labute approximate surface area is 143 Å². The lowest BCUT2D eigenvalue weighted by Crippen LogP contribution is -2.58. The van der Waals surface area contributed by atoms with Crippen molar-refractivity contribution in [2.24, 2.45) is 11.8 Å². The fourth-order valence-electron chi connectivity index (χ4n) is 4.54. The molecule has 3 aliphatic rings. The topological polar surface area (TPSA) is 38.7 Å². The minimum absolute atomic E-state index is 0.000756. The molecule has 0 aromatic heterocycles. The van der Waals surface area contributed by atoms with Crippen molar-refractivity contribution in [1.29, 1.82) is 0 Å². The smallest absolute Gasteiger partial charge is 0.0546 e. The van der Waals surface area contributed by atoms with Gasteiger partial charge in [0.2, 0.25) is 0 Å². The third kappa shape index (κ3) is 4.91. The Morgan fingerprint density at radius 2 is 1.57 bits per heavy atom. The van der Waals surface area contributed by atoms with E-state index in [2.05, 4.69) is 29.0 Å². The first-order valence-electron chi connectivity index (χ1n) is 9.92. The van der Waals surface area contributed by atoms with Crippen LogP contribution in [0.3, 0.4) is 0 Å². The normalized spacial score (nSPS) is 31.2. The van der Waals surface area contributed by atoms with Crippen LogP contribution >= 0.6 is 0 Å². The molecule has 1 aliphatic carbocycles. The molecule has 2 saturated heterocycles. The number of piperazine rings is 1. The van der Waals surface area contributed by atoms with E-state index < -0.39 is 0 Å². The third-order valence-electron chi connectivity index (χ3n) is 6.25. The van der Waals surface area contributed by atoms with Gasteiger partial charge < -0.3 is 15.3 Å². The average molecular weight is 326 g/mol. The molecule has 0 amide bonds. The SMILES string of the molecule is CC.CC(C)(C1CCN(CC2CC(O)C2)CC1)N1CCNCC1. The second kappa shape index (κ2) is 8.80. The predicted octanol–water partition coefficient (Wildman–Crippen LogP) is 2.18. The van der Waals surface area contributed by atoms with E-state index in [9.17, 15) is 5.11 Å². The minimum atomic E-state index is -0.000756. The van der Waals surface area contributed by atoms with Gasteiger partial charge in [-0.1, -0.05) is 13.8 Å². The van der Waals surface area contributed by atoms with E-state index >= 15 is 0 Å². The molecule has 0 aromatic rings. The Morgan fingerprint density at radius 1 is 1.00 bits per heavy atom. The second-order valence-corrected chi connectivity index (χ2v) is 7.96. The van der Waals surface area contributed by atoms with Crippen LogP contribution in [-0.2, 0) is 0 Å². The zero-order valence-electron chi connectivity index (χ0n) is 15.9. The summed E-state index contributed by atoms with van der Waals surface area (Å²) in [5.41, 5.74) is 0.348. The molecule has 0 spiro atoms. The highest BCUT2D eigenvalue weighted by molar-refractivity contribution is 4.94. The van der Waals surface area contributed by atoms with Crippen molar-refractivity contribution < 1.29 is 5.11 Å². The first kappa shape index (κ1) is 19.2. The maximum atomic E-state index is 9.41. The molecular weight excluding hydrogens is 286 g/mol. The van der Waals surface area contributed by atoms with Crippen LogP contribution in [0.5, 0.6) is 0 Å². The summed E-state index contributed by atoms with van der Waals surface area (Å²) in [4.78, 5) is 5.34. The Kier molecular flexibility index (Phi) is 7.33. The van der Waals surface area contributed by atoms with Crippen LogP contribution in [0.15, 0.2) is 0 Å². The van der Waals surface area contributed by atoms with Gasteiger partial charge in [0.25, 0.3) is 0 Å². The van der Waals surface area contributed by atoms with Crippen LogP contribution < -0.4 is 5.32 Å². The van der Waals surface area contributed by atoms with Crippen LogP contribution in [0.1, 0.15) is 53.4 Å². The first-order valence-corrected chi connectivity index (χ1v) is 9.92. The molecule has 0 unspecified atom stereocenters. The van der Waals surface area contributed by atoms with Gasteiger partial charge in [0.05, 0.1) is 6.10 Å². The lowest BCUT2D eigenvalue weighted by molar-refractivity contribution is -0.00369. The van der Waals surface area contributed by atoms with E-state index in [-0.39, 0.29) is 6.10 Å². The van der Waals surface area contributed by atoms with Crippen molar-refractivity contribution >= 4 is 0 Å². The van der Waals surface area contributed by atoms with E-state index in [1.165, 1.54) is 45.6 Å². The van der Waals surface area contributed by atoms with Crippen LogP contribution in [0.2, 0.25) is 0 Å². The number of nitrogens with one attached hydrogen (secondary N) is 1. The molecule has 0 bridgehead atoms. The van der Waals surface area contributed by atoms with Gasteiger partial charge in [0.1, 0.15) is 0 Å². The molecule has 2 aliphatic heterocycles. The highest BCUT2D eigenvalue weighted by atomic mass is 16.3. The molecule has 3 rings (SSSR count). The largest absolute Gasteiger partial charge is 0.393 e. The number of aliphatic hydroxyl groups excluding tert-OH is 1. The highest BCUT2D eigenvalue weighted by Gasteiger charge is 2.38. The van der Waals surface area contributed by atoms with Crippen molar-refractivity contribution in [3.8, 4) is 0 Å². The quantitative estimate of drug-likeness (QED) is 0.831.